The lowest BCUT2D eigenvalue weighted by Gasteiger charge is -2.29. The van der Waals surface area contributed by atoms with Crippen molar-refractivity contribution in [2.45, 2.75) is 32.2 Å². The van der Waals surface area contributed by atoms with Crippen LogP contribution in [0.3, 0.4) is 0 Å². The molecule has 8 heteroatoms. The maximum Gasteiger partial charge on any atom is 0.287 e. The maximum absolute atomic E-state index is 12.1. The highest BCUT2D eigenvalue weighted by Gasteiger charge is 2.23. The Morgan fingerprint density at radius 3 is 2.45 bits per heavy atom. The number of nitrogens with one attached hydrogen (secondary N) is 3. The van der Waals surface area contributed by atoms with Crippen LogP contribution in [0.4, 0.5) is 0 Å². The average Bonchev–Trinajstić information content (AvgIpc) is 3.45. The van der Waals surface area contributed by atoms with Gasteiger partial charge in [0.1, 0.15) is 0 Å². The number of aryl methyl sites for hydroxylation is 1. The molecule has 0 bridgehead atoms. The number of likely N-dealkylation sites (tertiary alicyclic amines) is 1. The molecule has 170 valence electrons. The first-order valence-electron chi connectivity index (χ1n) is 10.7. The van der Waals surface area contributed by atoms with Gasteiger partial charge >= 0.3 is 0 Å². The number of aliphatic imine (C=N–C) groups is 1. The van der Waals surface area contributed by atoms with Crippen LogP contribution < -0.4 is 16.0 Å². The van der Waals surface area contributed by atoms with E-state index in [0.717, 1.165) is 44.1 Å². The van der Waals surface area contributed by atoms with Crippen molar-refractivity contribution < 1.29 is 9.21 Å². The van der Waals surface area contributed by atoms with Crippen LogP contribution in [0, 0.1) is 6.92 Å². The van der Waals surface area contributed by atoms with E-state index in [1.165, 1.54) is 24.7 Å². The molecule has 1 aliphatic rings. The molecule has 2 aromatic rings. The highest BCUT2D eigenvalue weighted by atomic mass is 127. The summed E-state index contributed by atoms with van der Waals surface area (Å²) in [6.45, 7) is 6.24. The van der Waals surface area contributed by atoms with Crippen LogP contribution >= 0.6 is 24.0 Å². The summed E-state index contributed by atoms with van der Waals surface area (Å²) in [5.41, 5.74) is 2.18. The first-order valence-corrected chi connectivity index (χ1v) is 10.7. The van der Waals surface area contributed by atoms with Crippen molar-refractivity contribution in [1.29, 1.82) is 0 Å². The third-order valence-corrected chi connectivity index (χ3v) is 5.45. The van der Waals surface area contributed by atoms with Gasteiger partial charge in [0.2, 0.25) is 0 Å². The Balaban J connectivity index is 0.00000341. The molecular formula is C23H34IN5O2. The second kappa shape index (κ2) is 13.4. The Morgan fingerprint density at radius 2 is 1.81 bits per heavy atom. The zero-order valence-corrected chi connectivity index (χ0v) is 20.7. The quantitative estimate of drug-likeness (QED) is 0.197. The number of amides is 1. The predicted molar refractivity (Wildman–Crippen MR) is 135 cm³/mol. The largest absolute Gasteiger partial charge is 0.459 e. The Labute approximate surface area is 202 Å². The fourth-order valence-corrected chi connectivity index (χ4v) is 3.78. The molecule has 1 fully saturated rings. The molecule has 1 aromatic carbocycles. The lowest BCUT2D eigenvalue weighted by molar-refractivity contribution is 0.0925. The summed E-state index contributed by atoms with van der Waals surface area (Å²) in [4.78, 5) is 18.9. The molecule has 7 nitrogen and oxygen atoms in total. The van der Waals surface area contributed by atoms with E-state index >= 15 is 0 Å². The number of guanidine groups is 1. The second-order valence-corrected chi connectivity index (χ2v) is 7.59. The molecule has 1 unspecified atom stereocenters. The summed E-state index contributed by atoms with van der Waals surface area (Å²) in [6, 6.07) is 12.8. The predicted octanol–water partition coefficient (Wildman–Crippen LogP) is 3.33. The van der Waals surface area contributed by atoms with Gasteiger partial charge in [0, 0.05) is 32.2 Å². The number of benzene rings is 1. The van der Waals surface area contributed by atoms with E-state index in [2.05, 4.69) is 56.2 Å². The zero-order valence-electron chi connectivity index (χ0n) is 18.4. The average molecular weight is 539 g/mol. The summed E-state index contributed by atoms with van der Waals surface area (Å²) in [5.74, 6) is 0.994. The number of furan rings is 1. The summed E-state index contributed by atoms with van der Waals surface area (Å²) in [5, 5.41) is 9.69. The molecule has 1 aliphatic heterocycles. The standard InChI is InChI=1S/C23H33N5O2.HI/c1-18-11-16-30-21(18)22(29)25-12-8-13-26-23(24-2)27-17-20(28-14-6-7-15-28)19-9-4-3-5-10-19;/h3-5,9-11,16,20H,6-8,12-15,17H2,1-2H3,(H,25,29)(H2,24,26,27);1H. The van der Waals surface area contributed by atoms with E-state index in [9.17, 15) is 4.79 Å². The smallest absolute Gasteiger partial charge is 0.287 e. The fraction of sp³-hybridized carbons (Fsp3) is 0.478. The number of carbonyl (C=O) groups excluding carboxylic acids is 1. The molecule has 0 aliphatic carbocycles. The van der Waals surface area contributed by atoms with Crippen molar-refractivity contribution in [3.63, 3.8) is 0 Å². The highest BCUT2D eigenvalue weighted by molar-refractivity contribution is 14.0. The Morgan fingerprint density at radius 1 is 1.10 bits per heavy atom. The van der Waals surface area contributed by atoms with Crippen molar-refractivity contribution in [1.82, 2.24) is 20.9 Å². The monoisotopic (exact) mass is 539 g/mol. The zero-order chi connectivity index (χ0) is 21.2. The fourth-order valence-electron chi connectivity index (χ4n) is 3.78. The molecule has 3 rings (SSSR count). The molecule has 1 aromatic heterocycles. The van der Waals surface area contributed by atoms with Gasteiger partial charge in [-0.15, -0.1) is 24.0 Å². The van der Waals surface area contributed by atoms with Gasteiger partial charge in [0.15, 0.2) is 11.7 Å². The SMILES string of the molecule is CN=C(NCCCNC(=O)c1occc1C)NCC(c1ccccc1)N1CCCC1.I. The number of halogens is 1. The van der Waals surface area contributed by atoms with Crippen molar-refractivity contribution in [3.8, 4) is 0 Å². The summed E-state index contributed by atoms with van der Waals surface area (Å²) < 4.78 is 5.21. The minimum atomic E-state index is -0.170. The van der Waals surface area contributed by atoms with Crippen LogP contribution in [0.25, 0.3) is 0 Å². The highest BCUT2D eigenvalue weighted by Crippen LogP contribution is 2.24. The number of hydrogen-bond donors (Lipinski definition) is 3. The van der Waals surface area contributed by atoms with Gasteiger partial charge in [-0.3, -0.25) is 14.7 Å². The van der Waals surface area contributed by atoms with Crippen molar-refractivity contribution >= 4 is 35.8 Å². The summed E-state index contributed by atoms with van der Waals surface area (Å²) in [6.07, 6.45) is 4.85. The molecule has 2 heterocycles. The van der Waals surface area contributed by atoms with E-state index in [0.29, 0.717) is 18.3 Å². The van der Waals surface area contributed by atoms with Gasteiger partial charge < -0.3 is 20.4 Å². The minimum absolute atomic E-state index is 0. The molecule has 1 atom stereocenters. The maximum atomic E-state index is 12.1. The molecule has 31 heavy (non-hydrogen) atoms. The van der Waals surface area contributed by atoms with Gasteiger partial charge in [0.05, 0.1) is 12.3 Å². The van der Waals surface area contributed by atoms with Crippen LogP contribution in [0.1, 0.15) is 47.0 Å². The Hall–Kier alpha value is -2.07. The van der Waals surface area contributed by atoms with Gasteiger partial charge in [-0.25, -0.2) is 0 Å². The number of rotatable bonds is 9. The lowest BCUT2D eigenvalue weighted by Crippen LogP contribution is -2.43. The Bertz CT molecular complexity index is 818. The minimum Gasteiger partial charge on any atom is -0.459 e. The first-order chi connectivity index (χ1) is 14.7. The molecule has 3 N–H and O–H groups in total. The Kier molecular flexibility index (Phi) is 10.9. The molecule has 0 spiro atoms. The van der Waals surface area contributed by atoms with Crippen LogP contribution in [0.2, 0.25) is 0 Å². The number of hydrogen-bond acceptors (Lipinski definition) is 4. The van der Waals surface area contributed by atoms with Crippen LogP contribution in [-0.2, 0) is 0 Å². The third-order valence-electron chi connectivity index (χ3n) is 5.45. The molecule has 0 radical (unpaired) electrons. The van der Waals surface area contributed by atoms with Gasteiger partial charge in [-0.2, -0.15) is 0 Å². The number of nitrogens with zero attached hydrogens (tertiary/aromatic N) is 2. The first kappa shape index (κ1) is 25.2. The van der Waals surface area contributed by atoms with Crippen molar-refractivity contribution in [3.05, 3.63) is 59.5 Å². The van der Waals surface area contributed by atoms with Crippen LogP contribution in [0.5, 0.6) is 0 Å². The van der Waals surface area contributed by atoms with E-state index in [1.807, 2.05) is 6.92 Å². The van der Waals surface area contributed by atoms with E-state index in [4.69, 9.17) is 4.42 Å². The van der Waals surface area contributed by atoms with E-state index in [-0.39, 0.29) is 29.9 Å². The normalized spacial score (nSPS) is 15.2. The van der Waals surface area contributed by atoms with E-state index < -0.39 is 0 Å². The molecule has 0 saturated carbocycles. The van der Waals surface area contributed by atoms with Crippen molar-refractivity contribution in [2.75, 3.05) is 39.8 Å². The molecule has 1 amide bonds. The molecular weight excluding hydrogens is 505 g/mol. The van der Waals surface area contributed by atoms with Crippen molar-refractivity contribution in [2.24, 2.45) is 4.99 Å². The summed E-state index contributed by atoms with van der Waals surface area (Å²) in [7, 11) is 1.78. The van der Waals surface area contributed by atoms with Crippen LogP contribution in [-0.4, -0.2) is 56.5 Å². The van der Waals surface area contributed by atoms with Crippen LogP contribution in [0.15, 0.2) is 52.1 Å². The third kappa shape index (κ3) is 7.53. The van der Waals surface area contributed by atoms with Gasteiger partial charge in [-0.05, 0) is 50.9 Å². The second-order valence-electron chi connectivity index (χ2n) is 7.59. The van der Waals surface area contributed by atoms with Gasteiger partial charge in [-0.1, -0.05) is 30.3 Å². The number of carbonyl (C=O) groups is 1. The topological polar surface area (TPSA) is 81.9 Å². The van der Waals surface area contributed by atoms with Gasteiger partial charge in [0.25, 0.3) is 5.91 Å². The lowest BCUT2D eigenvalue weighted by atomic mass is 10.1. The molecule has 1 saturated heterocycles. The summed E-state index contributed by atoms with van der Waals surface area (Å²) >= 11 is 0. The van der Waals surface area contributed by atoms with E-state index in [1.54, 1.807) is 13.1 Å².